The van der Waals surface area contributed by atoms with Crippen LogP contribution in [0.1, 0.15) is 20.3 Å². The monoisotopic (exact) mass is 405 g/mol. The molecule has 4 rings (SSSR count). The molecular weight excluding hydrogens is 378 g/mol. The number of amides is 1. The van der Waals surface area contributed by atoms with Crippen LogP contribution in [0, 0.1) is 11.8 Å². The van der Waals surface area contributed by atoms with E-state index in [0.29, 0.717) is 0 Å². The summed E-state index contributed by atoms with van der Waals surface area (Å²) < 4.78 is 0. The number of β-lactam (4-membered cyclic amide) rings is 1. The summed E-state index contributed by atoms with van der Waals surface area (Å²) in [6, 6.07) is -0.245. The van der Waals surface area contributed by atoms with E-state index in [1.54, 1.807) is 18.7 Å². The van der Waals surface area contributed by atoms with Crippen molar-refractivity contribution in [3.05, 3.63) is 34.7 Å². The van der Waals surface area contributed by atoms with Gasteiger partial charge in [-0.3, -0.25) is 4.79 Å². The highest BCUT2D eigenvalue weighted by Crippen LogP contribution is 2.52. The Morgan fingerprint density at radius 3 is 2.64 bits per heavy atom. The zero-order chi connectivity index (χ0) is 20.2. The maximum atomic E-state index is 12.5. The van der Waals surface area contributed by atoms with E-state index >= 15 is 0 Å². The van der Waals surface area contributed by atoms with Gasteiger partial charge in [-0.15, -0.1) is 11.8 Å². The number of carboxylic acid groups (broad SMARTS) is 1. The number of likely N-dealkylation sites (tertiary alicyclic amines) is 1. The second-order valence-electron chi connectivity index (χ2n) is 8.14. The Bertz CT molecular complexity index is 782. The molecule has 0 aliphatic carbocycles. The van der Waals surface area contributed by atoms with Crippen LogP contribution in [0.3, 0.4) is 0 Å². The number of aliphatic hydroxyl groups is 1. The van der Waals surface area contributed by atoms with E-state index in [2.05, 4.69) is 35.2 Å². The molecule has 0 aromatic carbocycles. The van der Waals surface area contributed by atoms with Crippen LogP contribution in [-0.2, 0) is 9.59 Å². The van der Waals surface area contributed by atoms with Gasteiger partial charge < -0.3 is 24.9 Å². The van der Waals surface area contributed by atoms with Gasteiger partial charge in [-0.25, -0.2) is 4.79 Å². The smallest absolute Gasteiger partial charge is 0.353 e. The van der Waals surface area contributed by atoms with Gasteiger partial charge in [0.2, 0.25) is 5.91 Å². The van der Waals surface area contributed by atoms with E-state index < -0.39 is 18.0 Å². The molecular formula is C20H27N3O4S. The molecule has 4 aliphatic rings. The number of rotatable bonds is 5. The molecule has 4 heterocycles. The van der Waals surface area contributed by atoms with Crippen molar-refractivity contribution in [1.82, 2.24) is 14.7 Å². The average Bonchev–Trinajstić information content (AvgIpc) is 3.29. The molecule has 0 bridgehead atoms. The number of fused-ring (bicyclic) bond motifs is 1. The van der Waals surface area contributed by atoms with E-state index in [4.69, 9.17) is 0 Å². The first-order valence-corrected chi connectivity index (χ1v) is 10.6. The van der Waals surface area contributed by atoms with E-state index in [-0.39, 0.29) is 28.8 Å². The van der Waals surface area contributed by atoms with E-state index in [1.165, 1.54) is 10.6 Å². The molecule has 0 spiro atoms. The summed E-state index contributed by atoms with van der Waals surface area (Å²) in [5.41, 5.74) is 1.37. The maximum Gasteiger partial charge on any atom is 0.353 e. The fourth-order valence-electron chi connectivity index (χ4n) is 4.78. The molecule has 152 valence electrons. The molecule has 2 saturated heterocycles. The number of thioether (sulfide) groups is 1. The highest BCUT2D eigenvalue weighted by molar-refractivity contribution is 8.03. The van der Waals surface area contributed by atoms with Crippen molar-refractivity contribution in [3.63, 3.8) is 0 Å². The Kier molecular flexibility index (Phi) is 4.95. The average molecular weight is 406 g/mol. The number of hydrogen-bond donors (Lipinski definition) is 2. The van der Waals surface area contributed by atoms with Crippen LogP contribution >= 0.6 is 11.8 Å². The zero-order valence-electron chi connectivity index (χ0n) is 16.4. The summed E-state index contributed by atoms with van der Waals surface area (Å²) in [4.78, 5) is 31.1. The largest absolute Gasteiger partial charge is 0.477 e. The Morgan fingerprint density at radius 2 is 2.04 bits per heavy atom. The summed E-state index contributed by atoms with van der Waals surface area (Å²) >= 11 is 1.59. The van der Waals surface area contributed by atoms with Gasteiger partial charge in [-0.05, 0) is 6.92 Å². The van der Waals surface area contributed by atoms with E-state index in [1.807, 2.05) is 6.92 Å². The minimum absolute atomic E-state index is 0.0745. The predicted octanol–water partition coefficient (Wildman–Crippen LogP) is 1.29. The molecule has 1 unspecified atom stereocenters. The van der Waals surface area contributed by atoms with Gasteiger partial charge in [0.15, 0.2) is 0 Å². The molecule has 2 fully saturated rings. The van der Waals surface area contributed by atoms with Crippen LogP contribution in [0.4, 0.5) is 0 Å². The van der Waals surface area contributed by atoms with Crippen LogP contribution in [0.15, 0.2) is 34.7 Å². The fourth-order valence-corrected chi connectivity index (χ4v) is 6.34. The van der Waals surface area contributed by atoms with E-state index in [0.717, 1.165) is 31.0 Å². The van der Waals surface area contributed by atoms with Gasteiger partial charge in [0.05, 0.1) is 18.1 Å². The third-order valence-electron chi connectivity index (χ3n) is 6.19. The van der Waals surface area contributed by atoms with Crippen LogP contribution < -0.4 is 0 Å². The van der Waals surface area contributed by atoms with Gasteiger partial charge in [0, 0.05) is 61.1 Å². The van der Waals surface area contributed by atoms with Crippen molar-refractivity contribution in [2.24, 2.45) is 11.8 Å². The molecule has 2 N–H and O–H groups in total. The Morgan fingerprint density at radius 1 is 1.36 bits per heavy atom. The fraction of sp³-hybridized carbons (Fsp3) is 0.600. The molecule has 0 saturated carbocycles. The number of allylic oxidation sites excluding steroid dienone is 1. The van der Waals surface area contributed by atoms with Crippen molar-refractivity contribution in [2.75, 3.05) is 26.7 Å². The number of carbonyl (C=O) groups is 2. The van der Waals surface area contributed by atoms with Crippen molar-refractivity contribution >= 4 is 23.6 Å². The number of aliphatic carboxylic acids is 1. The lowest BCUT2D eigenvalue weighted by Crippen LogP contribution is -2.63. The molecule has 0 radical (unpaired) electrons. The summed E-state index contributed by atoms with van der Waals surface area (Å²) in [7, 11) is 2.07. The number of hydrogen-bond acceptors (Lipinski definition) is 6. The van der Waals surface area contributed by atoms with Crippen LogP contribution in [0.5, 0.6) is 0 Å². The summed E-state index contributed by atoms with van der Waals surface area (Å²) in [5, 5.41) is 20.0. The van der Waals surface area contributed by atoms with Crippen LogP contribution in [0.2, 0.25) is 0 Å². The highest BCUT2D eigenvalue weighted by atomic mass is 32.2. The lowest BCUT2D eigenvalue weighted by atomic mass is 9.79. The summed E-state index contributed by atoms with van der Waals surface area (Å²) in [6.45, 7) is 6.29. The second kappa shape index (κ2) is 7.15. The minimum Gasteiger partial charge on any atom is -0.477 e. The quantitative estimate of drug-likeness (QED) is 0.527. The lowest BCUT2D eigenvalue weighted by Gasteiger charge is -2.46. The normalized spacial score (nSPS) is 34.5. The van der Waals surface area contributed by atoms with Gasteiger partial charge in [-0.1, -0.05) is 19.1 Å². The number of nitrogens with zero attached hydrogens (tertiary/aromatic N) is 3. The first-order chi connectivity index (χ1) is 13.3. The number of carbonyl (C=O) groups excluding carboxylic acids is 1. The van der Waals surface area contributed by atoms with E-state index in [9.17, 15) is 19.8 Å². The Hall–Kier alpha value is -1.93. The van der Waals surface area contributed by atoms with Gasteiger partial charge in [0.25, 0.3) is 0 Å². The number of aliphatic hydroxyl groups excluding tert-OH is 1. The molecule has 0 aromatic rings. The molecule has 28 heavy (non-hydrogen) atoms. The number of carboxylic acids is 1. The predicted molar refractivity (Wildman–Crippen MR) is 107 cm³/mol. The maximum absolute atomic E-state index is 12.5. The van der Waals surface area contributed by atoms with Crippen molar-refractivity contribution in [3.8, 4) is 0 Å². The molecule has 0 aromatic heterocycles. The van der Waals surface area contributed by atoms with Crippen LogP contribution in [0.25, 0.3) is 0 Å². The lowest BCUT2D eigenvalue weighted by molar-refractivity contribution is -0.163. The molecule has 7 nitrogen and oxygen atoms in total. The first-order valence-electron chi connectivity index (χ1n) is 9.75. The van der Waals surface area contributed by atoms with Gasteiger partial charge >= 0.3 is 5.97 Å². The minimum atomic E-state index is -1.06. The Labute approximate surface area is 169 Å². The topological polar surface area (TPSA) is 84.3 Å². The van der Waals surface area contributed by atoms with Crippen molar-refractivity contribution in [2.45, 2.75) is 37.7 Å². The third-order valence-corrected chi connectivity index (χ3v) is 7.66. The first kappa shape index (κ1) is 19.4. The molecule has 5 atom stereocenters. The standard InChI is InChI=1S/C20H27N3O4S/c1-11-16-15(12(2)24)19(25)23(16)17(20(26)27)18(11)28-14-8-13(21(3)10-14)9-22-6-4-5-7-22/h4-5,9,11-12,14-16,24H,6-8,10H2,1-3H3,(H,26,27)/b13-9+/t11-,12-,14?,15-,16-/m1/s1. The SMILES string of the molecule is C[C@@H](O)[C@H]1C(=O)N2C(C(=O)O)=C(SC3C/C(=C\N4CC=CC4)N(C)C3)[C@H](C)[C@H]12. The second-order valence-corrected chi connectivity index (χ2v) is 9.48. The Balaban J connectivity index is 1.52. The highest BCUT2D eigenvalue weighted by Gasteiger charge is 2.60. The van der Waals surface area contributed by atoms with Gasteiger partial charge in [0.1, 0.15) is 5.70 Å². The molecule has 4 aliphatic heterocycles. The van der Waals surface area contributed by atoms with Crippen molar-refractivity contribution < 1.29 is 19.8 Å². The van der Waals surface area contributed by atoms with Crippen LogP contribution in [-0.4, -0.2) is 80.9 Å². The zero-order valence-corrected chi connectivity index (χ0v) is 17.2. The molecule has 1 amide bonds. The third kappa shape index (κ3) is 3.03. The van der Waals surface area contributed by atoms with Gasteiger partial charge in [-0.2, -0.15) is 0 Å². The molecule has 8 heteroatoms. The summed E-state index contributed by atoms with van der Waals surface area (Å²) in [5.74, 6) is -1.91. The summed E-state index contributed by atoms with van der Waals surface area (Å²) in [6.07, 6.45) is 6.62. The van der Waals surface area contributed by atoms with Crippen molar-refractivity contribution in [1.29, 1.82) is 0 Å².